The van der Waals surface area contributed by atoms with Crippen LogP contribution < -0.4 is 14.8 Å². The molecule has 1 aromatic rings. The third kappa shape index (κ3) is 4.67. The zero-order chi connectivity index (χ0) is 19.8. The normalized spacial score (nSPS) is 19.8. The summed E-state index contributed by atoms with van der Waals surface area (Å²) in [5.74, 6) is 1.75. The molecule has 0 aromatic heterocycles. The molecule has 4 nitrogen and oxygen atoms in total. The monoisotopic (exact) mass is 373 g/mol. The molecule has 0 radical (unpaired) electrons. The highest BCUT2D eigenvalue weighted by atomic mass is 16.5. The maximum atomic E-state index is 10.3. The van der Waals surface area contributed by atoms with Gasteiger partial charge in [0.15, 0.2) is 0 Å². The highest BCUT2D eigenvalue weighted by molar-refractivity contribution is 5.81. The zero-order valence-electron chi connectivity index (χ0n) is 17.7. The lowest BCUT2D eigenvalue weighted by Gasteiger charge is -2.40. The average molecular weight is 374 g/mol. The lowest BCUT2D eigenvalue weighted by molar-refractivity contribution is 0.0983. The molecule has 0 saturated heterocycles. The van der Waals surface area contributed by atoms with Crippen LogP contribution in [0.4, 0.5) is 0 Å². The molecule has 2 aliphatic rings. The Hall–Kier alpha value is -1.52. The highest BCUT2D eigenvalue weighted by Crippen LogP contribution is 2.50. The first-order valence-corrected chi connectivity index (χ1v) is 10.2. The van der Waals surface area contributed by atoms with E-state index < -0.39 is 6.10 Å². The third-order valence-corrected chi connectivity index (χ3v) is 5.37. The summed E-state index contributed by atoms with van der Waals surface area (Å²) in [6.07, 6.45) is 4.04. The van der Waals surface area contributed by atoms with Gasteiger partial charge in [-0.2, -0.15) is 0 Å². The van der Waals surface area contributed by atoms with Gasteiger partial charge in [0, 0.05) is 12.1 Å². The Labute approximate surface area is 164 Å². The van der Waals surface area contributed by atoms with Gasteiger partial charge in [-0.25, -0.2) is 0 Å². The van der Waals surface area contributed by atoms with Crippen LogP contribution in [0, 0.1) is 6.92 Å². The van der Waals surface area contributed by atoms with Crippen molar-refractivity contribution in [3.8, 4) is 11.5 Å². The number of nitrogens with one attached hydrogen (secondary N) is 1. The molecule has 0 amide bonds. The van der Waals surface area contributed by atoms with Crippen LogP contribution in [0.15, 0.2) is 17.7 Å². The van der Waals surface area contributed by atoms with E-state index in [1.54, 1.807) is 0 Å². The second-order valence-corrected chi connectivity index (χ2v) is 9.51. The summed E-state index contributed by atoms with van der Waals surface area (Å²) < 4.78 is 12.5. The summed E-state index contributed by atoms with van der Waals surface area (Å²) >= 11 is 0. The van der Waals surface area contributed by atoms with Crippen molar-refractivity contribution in [2.75, 3.05) is 13.2 Å². The molecule has 1 aromatic carbocycles. The van der Waals surface area contributed by atoms with E-state index in [-0.39, 0.29) is 17.7 Å². The van der Waals surface area contributed by atoms with Gasteiger partial charge in [0.1, 0.15) is 29.8 Å². The van der Waals surface area contributed by atoms with Gasteiger partial charge in [0.05, 0.1) is 5.56 Å². The van der Waals surface area contributed by atoms with Crippen molar-refractivity contribution in [3.63, 3.8) is 0 Å². The summed E-state index contributed by atoms with van der Waals surface area (Å²) in [5, 5.41) is 13.7. The second-order valence-electron chi connectivity index (χ2n) is 9.51. The molecule has 0 fully saturated rings. The third-order valence-electron chi connectivity index (χ3n) is 5.37. The molecule has 2 N–H and O–H groups in total. The Morgan fingerprint density at radius 3 is 2.63 bits per heavy atom. The maximum Gasteiger partial charge on any atom is 0.132 e. The fourth-order valence-corrected chi connectivity index (χ4v) is 4.06. The topological polar surface area (TPSA) is 50.7 Å². The Balaban J connectivity index is 1.85. The van der Waals surface area contributed by atoms with Crippen molar-refractivity contribution in [3.05, 3.63) is 28.8 Å². The first kappa shape index (κ1) is 20.2. The minimum absolute atomic E-state index is 0.0231. The summed E-state index contributed by atoms with van der Waals surface area (Å²) in [6, 6.07) is 4.18. The molecule has 150 valence electrons. The molecular weight excluding hydrogens is 338 g/mol. The molecule has 1 unspecified atom stereocenters. The van der Waals surface area contributed by atoms with E-state index in [0.717, 1.165) is 35.5 Å². The maximum absolute atomic E-state index is 10.3. The van der Waals surface area contributed by atoms with Gasteiger partial charge in [-0.1, -0.05) is 0 Å². The zero-order valence-corrected chi connectivity index (χ0v) is 17.7. The summed E-state index contributed by atoms with van der Waals surface area (Å²) in [6.45, 7) is 13.4. The Kier molecular flexibility index (Phi) is 5.60. The van der Waals surface area contributed by atoms with Crippen molar-refractivity contribution in [2.45, 2.75) is 84.5 Å². The van der Waals surface area contributed by atoms with E-state index in [1.165, 1.54) is 24.0 Å². The van der Waals surface area contributed by atoms with E-state index in [9.17, 15) is 5.11 Å². The number of aliphatic hydroxyl groups excluding tert-OH is 1. The van der Waals surface area contributed by atoms with Gasteiger partial charge >= 0.3 is 0 Å². The van der Waals surface area contributed by atoms with Gasteiger partial charge in [-0.3, -0.25) is 0 Å². The number of hydrogen-bond acceptors (Lipinski definition) is 4. The van der Waals surface area contributed by atoms with E-state index in [1.807, 2.05) is 0 Å². The first-order chi connectivity index (χ1) is 12.6. The van der Waals surface area contributed by atoms with Crippen molar-refractivity contribution in [1.82, 2.24) is 5.32 Å². The SMILES string of the molecule is Cc1cc(OCC(O)CNC(C)(C)C)c2c(c1)OC(C)(C)C1=C2CCCC1. The smallest absolute Gasteiger partial charge is 0.132 e. The van der Waals surface area contributed by atoms with Gasteiger partial charge in [0.2, 0.25) is 0 Å². The van der Waals surface area contributed by atoms with E-state index in [4.69, 9.17) is 9.47 Å². The molecular formula is C23H35NO3. The second kappa shape index (κ2) is 7.48. The number of hydrogen-bond donors (Lipinski definition) is 2. The largest absolute Gasteiger partial charge is 0.490 e. The number of ether oxygens (including phenoxy) is 2. The van der Waals surface area contributed by atoms with Crippen molar-refractivity contribution in [1.29, 1.82) is 0 Å². The Morgan fingerprint density at radius 1 is 1.22 bits per heavy atom. The summed E-state index contributed by atoms with van der Waals surface area (Å²) in [5.41, 5.74) is 4.73. The van der Waals surface area contributed by atoms with Crippen LogP contribution >= 0.6 is 0 Å². The molecule has 1 aliphatic carbocycles. The summed E-state index contributed by atoms with van der Waals surface area (Å²) in [7, 11) is 0. The lowest BCUT2D eigenvalue weighted by Crippen LogP contribution is -2.42. The van der Waals surface area contributed by atoms with Crippen molar-refractivity contribution >= 4 is 5.57 Å². The van der Waals surface area contributed by atoms with Gasteiger partial charge in [-0.05, 0) is 96.1 Å². The number of β-amino-alcohol motifs (C(OH)–C–C–N with tert-alkyl or cyclic N) is 1. The van der Waals surface area contributed by atoms with Crippen LogP contribution in [0.2, 0.25) is 0 Å². The Bertz CT molecular complexity index is 728. The molecule has 0 saturated carbocycles. The number of aryl methyl sites for hydroxylation is 1. The van der Waals surface area contributed by atoms with Crippen LogP contribution in [0.5, 0.6) is 11.5 Å². The van der Waals surface area contributed by atoms with E-state index in [0.29, 0.717) is 6.54 Å². The lowest BCUT2D eigenvalue weighted by atomic mass is 9.77. The van der Waals surface area contributed by atoms with Crippen LogP contribution in [-0.2, 0) is 0 Å². The first-order valence-electron chi connectivity index (χ1n) is 10.2. The van der Waals surface area contributed by atoms with Crippen molar-refractivity contribution in [2.24, 2.45) is 0 Å². The number of allylic oxidation sites excluding steroid dienone is 1. The van der Waals surface area contributed by atoms with Crippen LogP contribution in [0.25, 0.3) is 5.57 Å². The Morgan fingerprint density at radius 2 is 1.93 bits per heavy atom. The van der Waals surface area contributed by atoms with Crippen LogP contribution in [0.1, 0.15) is 71.4 Å². The van der Waals surface area contributed by atoms with Gasteiger partial charge in [0.25, 0.3) is 0 Å². The molecule has 1 atom stereocenters. The van der Waals surface area contributed by atoms with Gasteiger partial charge in [-0.15, -0.1) is 0 Å². The standard InChI is InChI=1S/C23H35NO3/c1-15-11-19(26-14-16(25)13-24-22(2,3)4)21-17-9-7-8-10-18(17)23(5,6)27-20(21)12-15/h11-12,16,24-25H,7-10,13-14H2,1-6H3. The fraction of sp³-hybridized carbons (Fsp3) is 0.652. The van der Waals surface area contributed by atoms with Crippen LogP contribution in [0.3, 0.4) is 0 Å². The highest BCUT2D eigenvalue weighted by Gasteiger charge is 2.37. The minimum atomic E-state index is -0.554. The number of aliphatic hydroxyl groups is 1. The van der Waals surface area contributed by atoms with Gasteiger partial charge < -0.3 is 19.9 Å². The van der Waals surface area contributed by atoms with E-state index >= 15 is 0 Å². The number of benzene rings is 1. The molecule has 27 heavy (non-hydrogen) atoms. The molecule has 0 bridgehead atoms. The molecule has 1 heterocycles. The van der Waals surface area contributed by atoms with E-state index in [2.05, 4.69) is 59.0 Å². The predicted molar refractivity (Wildman–Crippen MR) is 111 cm³/mol. The number of fused-ring (bicyclic) bond motifs is 2. The minimum Gasteiger partial charge on any atom is -0.490 e. The average Bonchev–Trinajstić information content (AvgIpc) is 2.56. The quantitative estimate of drug-likeness (QED) is 0.791. The van der Waals surface area contributed by atoms with Crippen molar-refractivity contribution < 1.29 is 14.6 Å². The molecule has 0 spiro atoms. The summed E-state index contributed by atoms with van der Waals surface area (Å²) in [4.78, 5) is 0. The molecule has 1 aliphatic heterocycles. The fourth-order valence-electron chi connectivity index (χ4n) is 4.06. The molecule has 4 heteroatoms. The number of rotatable bonds is 5. The van der Waals surface area contributed by atoms with Crippen LogP contribution in [-0.4, -0.2) is 35.5 Å². The predicted octanol–water partition coefficient (Wildman–Crippen LogP) is 4.62. The molecule has 3 rings (SSSR count).